The number of hydrogen-bond donors (Lipinski definition) is 2. The SMILES string of the molecule is Cc1ccc(CNCCCCC(N)=O)c(Br)c1. The van der Waals surface area contributed by atoms with Crippen LogP contribution < -0.4 is 11.1 Å². The number of nitrogens with one attached hydrogen (secondary N) is 1. The van der Waals surface area contributed by atoms with Gasteiger partial charge in [0.05, 0.1) is 0 Å². The summed E-state index contributed by atoms with van der Waals surface area (Å²) < 4.78 is 1.14. The monoisotopic (exact) mass is 298 g/mol. The lowest BCUT2D eigenvalue weighted by Gasteiger charge is -2.07. The van der Waals surface area contributed by atoms with E-state index < -0.39 is 0 Å². The first-order valence-corrected chi connectivity index (χ1v) is 6.63. The molecule has 94 valence electrons. The van der Waals surface area contributed by atoms with Crippen LogP contribution in [-0.4, -0.2) is 12.5 Å². The normalized spacial score (nSPS) is 10.5. The average Bonchev–Trinajstić information content (AvgIpc) is 2.25. The van der Waals surface area contributed by atoms with E-state index in [1.54, 1.807) is 0 Å². The molecule has 0 aromatic heterocycles. The predicted octanol–water partition coefficient (Wildman–Crippen LogP) is 2.50. The van der Waals surface area contributed by atoms with Crippen molar-refractivity contribution in [1.82, 2.24) is 5.32 Å². The van der Waals surface area contributed by atoms with Crippen LogP contribution in [0, 0.1) is 6.92 Å². The molecular formula is C13H19BrN2O. The number of aryl methyl sites for hydroxylation is 1. The van der Waals surface area contributed by atoms with Gasteiger partial charge in [-0.2, -0.15) is 0 Å². The molecule has 4 heteroatoms. The quantitative estimate of drug-likeness (QED) is 0.760. The van der Waals surface area contributed by atoms with Gasteiger partial charge in [0.1, 0.15) is 0 Å². The molecule has 0 aliphatic carbocycles. The number of carbonyl (C=O) groups excluding carboxylic acids is 1. The zero-order valence-corrected chi connectivity index (χ0v) is 11.7. The molecule has 1 aromatic rings. The molecule has 17 heavy (non-hydrogen) atoms. The lowest BCUT2D eigenvalue weighted by Crippen LogP contribution is -2.16. The fourth-order valence-corrected chi connectivity index (χ4v) is 2.20. The van der Waals surface area contributed by atoms with Crippen LogP contribution in [0.3, 0.4) is 0 Å². The number of carbonyl (C=O) groups is 1. The van der Waals surface area contributed by atoms with Gasteiger partial charge in [-0.05, 0) is 43.5 Å². The second-order valence-electron chi connectivity index (χ2n) is 4.20. The molecule has 0 aliphatic heterocycles. The Labute approximate surface area is 111 Å². The lowest BCUT2D eigenvalue weighted by molar-refractivity contribution is -0.118. The van der Waals surface area contributed by atoms with Gasteiger partial charge in [0.2, 0.25) is 5.91 Å². The second-order valence-corrected chi connectivity index (χ2v) is 5.05. The minimum Gasteiger partial charge on any atom is -0.370 e. The van der Waals surface area contributed by atoms with Crippen LogP contribution in [0.25, 0.3) is 0 Å². The van der Waals surface area contributed by atoms with Crippen molar-refractivity contribution in [2.75, 3.05) is 6.54 Å². The number of rotatable bonds is 7. The topological polar surface area (TPSA) is 55.1 Å². The summed E-state index contributed by atoms with van der Waals surface area (Å²) in [6.07, 6.45) is 2.32. The molecular weight excluding hydrogens is 280 g/mol. The van der Waals surface area contributed by atoms with Gasteiger partial charge in [0.15, 0.2) is 0 Å². The Morgan fingerprint density at radius 1 is 1.41 bits per heavy atom. The van der Waals surface area contributed by atoms with E-state index in [4.69, 9.17) is 5.73 Å². The van der Waals surface area contributed by atoms with E-state index in [2.05, 4.69) is 46.4 Å². The summed E-state index contributed by atoms with van der Waals surface area (Å²) in [5.74, 6) is -0.216. The fourth-order valence-electron chi connectivity index (χ4n) is 1.57. The van der Waals surface area contributed by atoms with Crippen LogP contribution in [0.1, 0.15) is 30.4 Å². The highest BCUT2D eigenvalue weighted by Crippen LogP contribution is 2.17. The number of hydrogen-bond acceptors (Lipinski definition) is 2. The van der Waals surface area contributed by atoms with E-state index in [0.717, 1.165) is 30.4 Å². The largest absolute Gasteiger partial charge is 0.370 e. The van der Waals surface area contributed by atoms with Crippen molar-refractivity contribution in [3.63, 3.8) is 0 Å². The van der Waals surface area contributed by atoms with Crippen molar-refractivity contribution >= 4 is 21.8 Å². The first-order chi connectivity index (χ1) is 8.09. The molecule has 0 radical (unpaired) electrons. The summed E-state index contributed by atoms with van der Waals surface area (Å²) in [5.41, 5.74) is 7.57. The lowest BCUT2D eigenvalue weighted by atomic mass is 10.1. The zero-order chi connectivity index (χ0) is 12.7. The molecule has 3 nitrogen and oxygen atoms in total. The highest BCUT2D eigenvalue weighted by Gasteiger charge is 1.99. The molecule has 1 aromatic carbocycles. The average molecular weight is 299 g/mol. The van der Waals surface area contributed by atoms with Crippen LogP contribution in [0.15, 0.2) is 22.7 Å². The summed E-state index contributed by atoms with van der Waals surface area (Å²) in [7, 11) is 0. The Morgan fingerprint density at radius 2 is 2.18 bits per heavy atom. The zero-order valence-electron chi connectivity index (χ0n) is 10.1. The van der Waals surface area contributed by atoms with E-state index in [-0.39, 0.29) is 5.91 Å². The maximum atomic E-state index is 10.5. The molecule has 0 saturated heterocycles. The van der Waals surface area contributed by atoms with Gasteiger partial charge in [-0.3, -0.25) is 4.79 Å². The number of primary amides is 1. The predicted molar refractivity (Wildman–Crippen MR) is 73.6 cm³/mol. The van der Waals surface area contributed by atoms with Crippen molar-refractivity contribution < 1.29 is 4.79 Å². The molecule has 0 unspecified atom stereocenters. The van der Waals surface area contributed by atoms with Gasteiger partial charge in [0.25, 0.3) is 0 Å². The van der Waals surface area contributed by atoms with Crippen molar-refractivity contribution in [1.29, 1.82) is 0 Å². The molecule has 0 atom stereocenters. The van der Waals surface area contributed by atoms with Crippen LogP contribution in [0.5, 0.6) is 0 Å². The first-order valence-electron chi connectivity index (χ1n) is 5.83. The van der Waals surface area contributed by atoms with Crippen LogP contribution >= 0.6 is 15.9 Å². The number of amides is 1. The van der Waals surface area contributed by atoms with E-state index in [1.165, 1.54) is 11.1 Å². The van der Waals surface area contributed by atoms with Gasteiger partial charge in [0, 0.05) is 17.4 Å². The minimum absolute atomic E-state index is 0.216. The van der Waals surface area contributed by atoms with Gasteiger partial charge >= 0.3 is 0 Å². The molecule has 1 rings (SSSR count). The second kappa shape index (κ2) is 7.45. The van der Waals surface area contributed by atoms with Gasteiger partial charge in [-0.1, -0.05) is 28.1 Å². The Morgan fingerprint density at radius 3 is 2.82 bits per heavy atom. The third-order valence-corrected chi connectivity index (χ3v) is 3.29. The van der Waals surface area contributed by atoms with E-state index in [1.807, 2.05) is 0 Å². The van der Waals surface area contributed by atoms with Crippen molar-refractivity contribution in [2.24, 2.45) is 5.73 Å². The van der Waals surface area contributed by atoms with Crippen molar-refractivity contribution in [3.8, 4) is 0 Å². The van der Waals surface area contributed by atoms with Crippen LogP contribution in [-0.2, 0) is 11.3 Å². The maximum Gasteiger partial charge on any atom is 0.217 e. The summed E-state index contributed by atoms with van der Waals surface area (Å²) in [6.45, 7) is 3.83. The van der Waals surface area contributed by atoms with Gasteiger partial charge in [-0.25, -0.2) is 0 Å². The van der Waals surface area contributed by atoms with E-state index in [9.17, 15) is 4.79 Å². The third kappa shape index (κ3) is 5.84. The first kappa shape index (κ1) is 14.2. The van der Waals surface area contributed by atoms with Crippen LogP contribution in [0.2, 0.25) is 0 Å². The Bertz CT molecular complexity index is 380. The number of nitrogens with two attached hydrogens (primary N) is 1. The van der Waals surface area contributed by atoms with E-state index in [0.29, 0.717) is 6.42 Å². The van der Waals surface area contributed by atoms with E-state index >= 15 is 0 Å². The Hall–Kier alpha value is -0.870. The molecule has 0 saturated carbocycles. The molecule has 0 aliphatic rings. The van der Waals surface area contributed by atoms with Gasteiger partial charge in [-0.15, -0.1) is 0 Å². The number of benzene rings is 1. The molecule has 0 fully saturated rings. The highest BCUT2D eigenvalue weighted by atomic mass is 79.9. The highest BCUT2D eigenvalue weighted by molar-refractivity contribution is 9.10. The maximum absolute atomic E-state index is 10.5. The Balaban J connectivity index is 2.20. The number of halogens is 1. The molecule has 0 bridgehead atoms. The standard InChI is InChI=1S/C13H19BrN2O/c1-10-5-6-11(12(14)8-10)9-16-7-3-2-4-13(15)17/h5-6,8,16H,2-4,7,9H2,1H3,(H2,15,17). The molecule has 1 amide bonds. The third-order valence-electron chi connectivity index (χ3n) is 2.55. The fraction of sp³-hybridized carbons (Fsp3) is 0.462. The minimum atomic E-state index is -0.216. The van der Waals surface area contributed by atoms with Crippen molar-refractivity contribution in [3.05, 3.63) is 33.8 Å². The summed E-state index contributed by atoms with van der Waals surface area (Å²) in [4.78, 5) is 10.5. The summed E-state index contributed by atoms with van der Waals surface area (Å²) in [6, 6.07) is 6.34. The molecule has 3 N–H and O–H groups in total. The smallest absolute Gasteiger partial charge is 0.217 e. The summed E-state index contributed by atoms with van der Waals surface area (Å²) >= 11 is 3.55. The summed E-state index contributed by atoms with van der Waals surface area (Å²) in [5, 5.41) is 3.35. The van der Waals surface area contributed by atoms with Crippen molar-refractivity contribution in [2.45, 2.75) is 32.7 Å². The molecule has 0 spiro atoms. The van der Waals surface area contributed by atoms with Crippen LogP contribution in [0.4, 0.5) is 0 Å². The van der Waals surface area contributed by atoms with Gasteiger partial charge < -0.3 is 11.1 Å². The number of unbranched alkanes of at least 4 members (excludes halogenated alkanes) is 1. The molecule has 0 heterocycles. The Kier molecular flexibility index (Phi) is 6.22.